The van der Waals surface area contributed by atoms with Gasteiger partial charge in [0.15, 0.2) is 0 Å². The molecule has 1 rings (SSSR count). The first-order chi connectivity index (χ1) is 11.4. The number of ether oxygens (including phenoxy) is 1. The summed E-state index contributed by atoms with van der Waals surface area (Å²) in [6.07, 6.45) is -0.243. The summed E-state index contributed by atoms with van der Waals surface area (Å²) in [6, 6.07) is 0. The zero-order valence-electron chi connectivity index (χ0n) is 13.9. The number of carbonyl (C=O) groups is 2. The lowest BCUT2D eigenvalue weighted by Crippen LogP contribution is -2.28. The van der Waals surface area contributed by atoms with Crippen molar-refractivity contribution in [3.8, 4) is 5.75 Å². The Hall–Kier alpha value is -2.19. The van der Waals surface area contributed by atoms with Crippen LogP contribution in [0.15, 0.2) is 0 Å². The lowest BCUT2D eigenvalue weighted by atomic mass is 9.92. The maximum atomic E-state index is 13.4. The van der Waals surface area contributed by atoms with Crippen LogP contribution in [0.1, 0.15) is 40.0 Å². The highest BCUT2D eigenvalue weighted by Crippen LogP contribution is 2.29. The van der Waals surface area contributed by atoms with Crippen molar-refractivity contribution in [1.82, 2.24) is 5.32 Å². The minimum atomic E-state index is -2.35. The second-order valence-electron chi connectivity index (χ2n) is 6.53. The molecular weight excluding hydrogens is 349 g/mol. The van der Waals surface area contributed by atoms with Gasteiger partial charge in [0.05, 0.1) is 6.42 Å². The van der Waals surface area contributed by atoms with E-state index in [0.717, 1.165) is 0 Å². The molecule has 0 spiro atoms. The van der Waals surface area contributed by atoms with E-state index in [1.807, 2.05) is 20.8 Å². The first-order valence-electron chi connectivity index (χ1n) is 7.43. The van der Waals surface area contributed by atoms with E-state index in [2.05, 4.69) is 10.1 Å². The zero-order valence-corrected chi connectivity index (χ0v) is 13.9. The highest BCUT2D eigenvalue weighted by atomic mass is 19.2. The number of halogens is 5. The molecule has 0 aromatic heterocycles. The van der Waals surface area contributed by atoms with Gasteiger partial charge in [-0.2, -0.15) is 8.78 Å². The number of benzene rings is 1. The summed E-state index contributed by atoms with van der Waals surface area (Å²) in [6.45, 7) is 6.29. The van der Waals surface area contributed by atoms with Crippen LogP contribution >= 0.6 is 0 Å². The van der Waals surface area contributed by atoms with Crippen molar-refractivity contribution < 1.29 is 36.3 Å². The number of nitrogens with one attached hydrogen (secondary N) is 1. The molecular formula is C16H18F5NO3. The molecule has 0 bridgehead atoms. The van der Waals surface area contributed by atoms with Crippen molar-refractivity contribution in [2.75, 3.05) is 6.54 Å². The van der Waals surface area contributed by atoms with Gasteiger partial charge in [-0.15, -0.1) is 0 Å². The molecule has 9 heteroatoms. The first-order valence-corrected chi connectivity index (χ1v) is 7.43. The predicted molar refractivity (Wildman–Crippen MR) is 78.2 cm³/mol. The molecule has 0 radical (unpaired) electrons. The molecule has 0 fully saturated rings. The van der Waals surface area contributed by atoms with E-state index < -0.39 is 53.1 Å². The highest BCUT2D eigenvalue weighted by Gasteiger charge is 2.28. The highest BCUT2D eigenvalue weighted by molar-refractivity contribution is 5.82. The maximum absolute atomic E-state index is 13.4. The van der Waals surface area contributed by atoms with Crippen molar-refractivity contribution in [1.29, 1.82) is 0 Å². The van der Waals surface area contributed by atoms with Crippen molar-refractivity contribution in [3.63, 3.8) is 0 Å². The molecule has 25 heavy (non-hydrogen) atoms. The SMILES string of the molecule is CC(C)(C)CCNC(=O)CCC(=O)Oc1c(F)c(F)c(F)c(F)c1F. The van der Waals surface area contributed by atoms with Crippen LogP contribution in [0.25, 0.3) is 0 Å². The number of hydrogen-bond acceptors (Lipinski definition) is 3. The molecule has 1 aromatic carbocycles. The Balaban J connectivity index is 2.60. The van der Waals surface area contributed by atoms with Gasteiger partial charge in [0.25, 0.3) is 0 Å². The lowest BCUT2D eigenvalue weighted by molar-refractivity contribution is -0.136. The largest absolute Gasteiger partial charge is 0.420 e. The lowest BCUT2D eigenvalue weighted by Gasteiger charge is -2.17. The summed E-state index contributed by atoms with van der Waals surface area (Å²) < 4.78 is 69.8. The fraction of sp³-hybridized carbons (Fsp3) is 0.500. The smallest absolute Gasteiger partial charge is 0.311 e. The molecule has 0 unspecified atom stereocenters. The molecule has 0 saturated carbocycles. The number of rotatable bonds is 6. The van der Waals surface area contributed by atoms with Gasteiger partial charge in [0.1, 0.15) is 0 Å². The van der Waals surface area contributed by atoms with E-state index in [1.165, 1.54) is 0 Å². The molecule has 1 N–H and O–H groups in total. The van der Waals surface area contributed by atoms with Crippen LogP contribution in [0.2, 0.25) is 0 Å². The predicted octanol–water partition coefficient (Wildman–Crippen LogP) is 3.62. The summed E-state index contributed by atoms with van der Waals surface area (Å²) >= 11 is 0. The van der Waals surface area contributed by atoms with Gasteiger partial charge in [0.2, 0.25) is 40.7 Å². The monoisotopic (exact) mass is 367 g/mol. The second kappa shape index (κ2) is 8.26. The Kier molecular flexibility index (Phi) is 6.89. The Morgan fingerprint density at radius 1 is 0.880 bits per heavy atom. The molecule has 4 nitrogen and oxygen atoms in total. The summed E-state index contributed by atoms with van der Waals surface area (Å²) in [5, 5.41) is 2.54. The van der Waals surface area contributed by atoms with Crippen LogP contribution < -0.4 is 10.1 Å². The Labute approximate surface area is 141 Å². The van der Waals surface area contributed by atoms with E-state index >= 15 is 0 Å². The molecule has 1 aromatic rings. The number of amides is 1. The molecule has 0 aliphatic carbocycles. The number of carbonyl (C=O) groups excluding carboxylic acids is 2. The third kappa shape index (κ3) is 5.99. The third-order valence-electron chi connectivity index (χ3n) is 3.14. The molecule has 0 atom stereocenters. The van der Waals surface area contributed by atoms with Gasteiger partial charge in [0, 0.05) is 13.0 Å². The van der Waals surface area contributed by atoms with E-state index in [4.69, 9.17) is 0 Å². The molecule has 0 heterocycles. The summed E-state index contributed by atoms with van der Waals surface area (Å²) in [4.78, 5) is 23.0. The summed E-state index contributed by atoms with van der Waals surface area (Å²) in [7, 11) is 0. The van der Waals surface area contributed by atoms with Crippen molar-refractivity contribution >= 4 is 11.9 Å². The maximum Gasteiger partial charge on any atom is 0.311 e. The third-order valence-corrected chi connectivity index (χ3v) is 3.14. The molecule has 1 amide bonds. The van der Waals surface area contributed by atoms with Gasteiger partial charge >= 0.3 is 5.97 Å². The van der Waals surface area contributed by atoms with Gasteiger partial charge in [-0.3, -0.25) is 9.59 Å². The fourth-order valence-corrected chi connectivity index (χ4v) is 1.72. The van der Waals surface area contributed by atoms with Gasteiger partial charge < -0.3 is 10.1 Å². The van der Waals surface area contributed by atoms with Crippen LogP contribution in [-0.4, -0.2) is 18.4 Å². The Morgan fingerprint density at radius 3 is 1.84 bits per heavy atom. The van der Waals surface area contributed by atoms with Crippen LogP contribution in [0.5, 0.6) is 5.75 Å². The topological polar surface area (TPSA) is 55.4 Å². The summed E-state index contributed by atoms with van der Waals surface area (Å²) in [5.41, 5.74) is -0.00199. The summed E-state index contributed by atoms with van der Waals surface area (Å²) in [5.74, 6) is -14.8. The molecule has 140 valence electrons. The average molecular weight is 367 g/mol. The Bertz CT molecular complexity index is 642. The quantitative estimate of drug-likeness (QED) is 0.275. The zero-order chi connectivity index (χ0) is 19.4. The number of hydrogen-bond donors (Lipinski definition) is 1. The van der Waals surface area contributed by atoms with E-state index in [9.17, 15) is 31.5 Å². The van der Waals surface area contributed by atoms with Crippen LogP contribution in [0.3, 0.4) is 0 Å². The van der Waals surface area contributed by atoms with E-state index in [0.29, 0.717) is 13.0 Å². The van der Waals surface area contributed by atoms with E-state index in [-0.39, 0.29) is 11.8 Å². The van der Waals surface area contributed by atoms with Gasteiger partial charge in [-0.05, 0) is 11.8 Å². The molecule has 0 saturated heterocycles. The fourth-order valence-electron chi connectivity index (χ4n) is 1.72. The number of esters is 1. The van der Waals surface area contributed by atoms with Crippen molar-refractivity contribution in [3.05, 3.63) is 29.1 Å². The van der Waals surface area contributed by atoms with Crippen LogP contribution in [0, 0.1) is 34.5 Å². The van der Waals surface area contributed by atoms with Crippen LogP contribution in [0.4, 0.5) is 22.0 Å². The minimum Gasteiger partial charge on any atom is -0.420 e. The molecule has 0 aliphatic heterocycles. The van der Waals surface area contributed by atoms with Gasteiger partial charge in [-0.1, -0.05) is 20.8 Å². The Morgan fingerprint density at radius 2 is 1.36 bits per heavy atom. The van der Waals surface area contributed by atoms with Crippen molar-refractivity contribution in [2.45, 2.75) is 40.0 Å². The minimum absolute atomic E-state index is 0.00199. The average Bonchev–Trinajstić information content (AvgIpc) is 2.52. The first kappa shape index (κ1) is 20.9. The standard InChI is InChI=1S/C16H18F5NO3/c1-16(2,3)6-7-22-8(23)4-5-9(24)25-15-13(20)11(18)10(17)12(19)14(15)21/h4-7H2,1-3H3,(H,22,23). The second-order valence-corrected chi connectivity index (χ2v) is 6.53. The normalized spacial score (nSPS) is 11.4. The molecule has 0 aliphatic rings. The van der Waals surface area contributed by atoms with Crippen LogP contribution in [-0.2, 0) is 9.59 Å². The van der Waals surface area contributed by atoms with E-state index in [1.54, 1.807) is 0 Å². The van der Waals surface area contributed by atoms with Crippen molar-refractivity contribution in [2.24, 2.45) is 5.41 Å². The van der Waals surface area contributed by atoms with Gasteiger partial charge in [-0.25, -0.2) is 13.2 Å².